The number of aliphatic hydroxyl groups is 10. The van der Waals surface area contributed by atoms with E-state index in [1.54, 1.807) is 6.92 Å². The molecule has 8 rings (SSSR count). The molecule has 8 aliphatic rings. The molecule has 4 saturated heterocycles. The number of aliphatic carboxylic acids is 2. The summed E-state index contributed by atoms with van der Waals surface area (Å²) in [6.45, 7) is 10.1. The average molecular weight is 1680 g/mol. The molecule has 0 unspecified atom stereocenters. The van der Waals surface area contributed by atoms with Crippen molar-refractivity contribution in [3.05, 3.63) is 0 Å². The van der Waals surface area contributed by atoms with Gasteiger partial charge in [0.2, 0.25) is 23.6 Å². The van der Waals surface area contributed by atoms with Crippen LogP contribution in [0.4, 0.5) is 0 Å². The largest absolute Gasteiger partial charge is 0.479 e. The Balaban J connectivity index is 0.702. The van der Waals surface area contributed by atoms with Crippen molar-refractivity contribution in [3.8, 4) is 0 Å². The number of carboxylic acid groups (broad SMARTS) is 2. The fourth-order valence-corrected chi connectivity index (χ4v) is 17.5. The lowest BCUT2D eigenvalue weighted by Gasteiger charge is -2.49. The first-order valence-electron chi connectivity index (χ1n) is 42.6. The molecule has 0 spiro atoms. The number of rotatable bonds is 47. The highest BCUT2D eigenvalue weighted by Crippen LogP contribution is 2.44. The van der Waals surface area contributed by atoms with Crippen LogP contribution in [0.15, 0.2) is 0 Å². The lowest BCUT2D eigenvalue weighted by Crippen LogP contribution is -2.67. The van der Waals surface area contributed by atoms with Crippen LogP contribution in [-0.2, 0) is 99.9 Å². The Morgan fingerprint density at radius 1 is 0.436 bits per heavy atom. The molecule has 4 aliphatic carbocycles. The molecule has 117 heavy (non-hydrogen) atoms. The Morgan fingerprint density at radius 2 is 0.855 bits per heavy atom. The van der Waals surface area contributed by atoms with E-state index >= 15 is 0 Å². The van der Waals surface area contributed by atoms with E-state index in [4.69, 9.17) is 66.3 Å². The van der Waals surface area contributed by atoms with E-state index in [-0.39, 0.29) is 166 Å². The Kier molecular flexibility index (Phi) is 41.6. The number of hydrogen-bond acceptors (Lipinski definition) is 31. The molecule has 4 heterocycles. The number of ketones is 1. The highest BCUT2D eigenvalue weighted by atomic mass is 16.7. The molecule has 30 atom stereocenters. The molecule has 674 valence electrons. The van der Waals surface area contributed by atoms with E-state index in [0.717, 1.165) is 64.2 Å². The van der Waals surface area contributed by atoms with E-state index in [1.165, 1.54) is 20.8 Å². The summed E-state index contributed by atoms with van der Waals surface area (Å²) in [6, 6.07) is -1.35. The number of nitrogens with one attached hydrogen (secondary N) is 4. The van der Waals surface area contributed by atoms with Gasteiger partial charge < -0.3 is 149 Å². The maximum absolute atomic E-state index is 14.2. The Morgan fingerprint density at radius 3 is 1.32 bits per heavy atom. The van der Waals surface area contributed by atoms with Gasteiger partial charge in [0.05, 0.1) is 109 Å². The second kappa shape index (κ2) is 49.7. The van der Waals surface area contributed by atoms with Gasteiger partial charge in [-0.05, 0) is 82.5 Å². The van der Waals surface area contributed by atoms with Crippen molar-refractivity contribution >= 4 is 41.4 Å². The van der Waals surface area contributed by atoms with Crippen LogP contribution in [0, 0.1) is 41.4 Å². The minimum absolute atomic E-state index is 0.00596. The summed E-state index contributed by atoms with van der Waals surface area (Å²) in [7, 11) is 0. The zero-order valence-electron chi connectivity index (χ0n) is 68.7. The van der Waals surface area contributed by atoms with E-state index in [9.17, 15) is 94.8 Å². The van der Waals surface area contributed by atoms with Gasteiger partial charge in [-0.15, -0.1) is 0 Å². The minimum Gasteiger partial charge on any atom is -0.479 e. The maximum atomic E-state index is 14.2. The molecule has 0 aromatic carbocycles. The van der Waals surface area contributed by atoms with Gasteiger partial charge in [-0.2, -0.15) is 0 Å². The minimum atomic E-state index is -1.70. The Labute approximate surface area is 684 Å². The van der Waals surface area contributed by atoms with Gasteiger partial charge in [0.1, 0.15) is 79.0 Å². The number of ether oxygens (including phenoxy) is 14. The summed E-state index contributed by atoms with van der Waals surface area (Å²) < 4.78 is 85.1. The quantitative estimate of drug-likeness (QED) is 0.0342. The van der Waals surface area contributed by atoms with E-state index in [0.29, 0.717) is 19.3 Å². The van der Waals surface area contributed by atoms with Crippen LogP contribution in [-0.4, -0.2) is 342 Å². The molecule has 0 bridgehead atoms. The van der Waals surface area contributed by atoms with Gasteiger partial charge in [-0.1, -0.05) is 97.8 Å². The number of carbonyl (C=O) groups is 7. The maximum Gasteiger partial charge on any atom is 0.332 e. The summed E-state index contributed by atoms with van der Waals surface area (Å²) in [6.07, 6.45) is -20.3. The van der Waals surface area contributed by atoms with Gasteiger partial charge in [-0.25, -0.2) is 9.59 Å². The fourth-order valence-electron chi connectivity index (χ4n) is 17.5. The van der Waals surface area contributed by atoms with Gasteiger partial charge in [0.15, 0.2) is 37.4 Å². The van der Waals surface area contributed by atoms with Crippen molar-refractivity contribution < 1.29 is 161 Å². The molecule has 8 fully saturated rings. The molecule has 4 aliphatic heterocycles. The van der Waals surface area contributed by atoms with Gasteiger partial charge in [0.25, 0.3) is 0 Å². The topological polar surface area (TPSA) is 540 Å². The SMILES string of the molecule is CC[C@H]1C[C@@H](C(=O)NCCNC(=O)CCOCCOCCOCCOCCC(=O)NCCCC(=O)[C@@H]2C[C@H](CC)[C@@H](O[C@@H]3O[C@@H](C)[C@@H](O)[C@@H](O)[C@@H]3O)[C@H](O[C@@H]3O[C@H](CO)[C@H](O)[C@H](O[C@@H](CC4CCCCC4)C(=O)O)[C@H]3NC(C)=O)C2)C[C@@H](O[C@@H]2O[C@H](CO)[C@H](O)[C@H](O[C@@H](CC3CCCCC3)C(=O)O)[C@H]2C)[C@@H]1O[C@@H]1O[C@@H](C)[C@@H](O)[C@@H](O)[C@@H]1O. The van der Waals surface area contributed by atoms with Crippen molar-refractivity contribution in [2.75, 3.05) is 85.7 Å². The molecule has 0 aromatic heterocycles. The van der Waals surface area contributed by atoms with Crippen LogP contribution in [0.5, 0.6) is 0 Å². The van der Waals surface area contributed by atoms with Crippen molar-refractivity contribution in [1.29, 1.82) is 0 Å². The van der Waals surface area contributed by atoms with E-state index in [1.807, 2.05) is 13.8 Å². The summed E-state index contributed by atoms with van der Waals surface area (Å²) >= 11 is 0. The average Bonchev–Trinajstić information content (AvgIpc) is 0.779. The molecular formula is C80H136N4O33. The third kappa shape index (κ3) is 29.1. The third-order valence-corrected chi connectivity index (χ3v) is 24.4. The molecule has 0 aromatic rings. The molecule has 16 N–H and O–H groups in total. The molecule has 37 heteroatoms. The van der Waals surface area contributed by atoms with Crippen molar-refractivity contribution in [2.45, 2.75) is 336 Å². The van der Waals surface area contributed by atoms with E-state index in [2.05, 4.69) is 21.3 Å². The zero-order chi connectivity index (χ0) is 85.0. The summed E-state index contributed by atoms with van der Waals surface area (Å²) in [5.74, 6) is -7.02. The Hall–Kier alpha value is -4.47. The first-order chi connectivity index (χ1) is 56.0. The lowest BCUT2D eigenvalue weighted by atomic mass is 9.74. The van der Waals surface area contributed by atoms with Crippen LogP contribution in [0.25, 0.3) is 0 Å². The van der Waals surface area contributed by atoms with Crippen molar-refractivity contribution in [3.63, 3.8) is 0 Å². The molecule has 4 saturated carbocycles. The molecule has 0 radical (unpaired) electrons. The van der Waals surface area contributed by atoms with Gasteiger partial charge in [-0.3, -0.25) is 24.0 Å². The van der Waals surface area contributed by atoms with Crippen molar-refractivity contribution in [2.24, 2.45) is 41.4 Å². The highest BCUT2D eigenvalue weighted by Gasteiger charge is 2.55. The van der Waals surface area contributed by atoms with Crippen LogP contribution in [0.3, 0.4) is 0 Å². The lowest BCUT2D eigenvalue weighted by molar-refractivity contribution is -0.343. The molecular weight excluding hydrogens is 1540 g/mol. The van der Waals surface area contributed by atoms with Gasteiger partial charge in [0, 0.05) is 63.6 Å². The predicted octanol–water partition coefficient (Wildman–Crippen LogP) is -0.486. The number of aliphatic hydroxyl groups excluding tert-OH is 10. The third-order valence-electron chi connectivity index (χ3n) is 24.4. The van der Waals surface area contributed by atoms with Crippen molar-refractivity contribution in [1.82, 2.24) is 21.3 Å². The van der Waals surface area contributed by atoms with Crippen LogP contribution < -0.4 is 21.3 Å². The van der Waals surface area contributed by atoms with Crippen LogP contribution in [0.2, 0.25) is 0 Å². The monoisotopic (exact) mass is 1680 g/mol. The smallest absolute Gasteiger partial charge is 0.332 e. The van der Waals surface area contributed by atoms with Gasteiger partial charge >= 0.3 is 11.9 Å². The zero-order valence-corrected chi connectivity index (χ0v) is 68.7. The fraction of sp³-hybridized carbons (Fsp3) is 0.912. The number of amides is 4. The normalized spacial score (nSPS) is 36.5. The summed E-state index contributed by atoms with van der Waals surface area (Å²) in [5, 5.41) is 140. The first-order valence-corrected chi connectivity index (χ1v) is 42.6. The highest BCUT2D eigenvalue weighted by molar-refractivity contribution is 5.81. The number of hydrogen-bond donors (Lipinski definition) is 16. The standard InChI is InChI=1S/C80H136N4O33/c1-7-48-36-50(38-53(71(48)116-79-68(97)66(95)62(91)43(4)108-79)113-78-61(84-45(6)87)73(65(94)58(41-86)115-78)111-56(76(102)103)35-47-18-13-10-14-19-47)52(88)20-15-23-81-59(89)21-26-104-28-30-106-32-33-107-31-29-105-27-22-60(90)82-24-25-83-74(99)51-37-49(8-2)72(117-80-69(98)67(96)63(92)44(5)109-80)54(39-51)112-77-42(3)70(64(93)57(40-85)114-77)110-55(75(100)101)34-46-16-11-9-12-17-46/h42-44,46-51,53-58,61-73,77-80,85-86,91-98H,7-41H2,1-6H3,(H,81,89)(H,82,90)(H,83,99)(H,84,87)(H,100,101)(H,102,103)/t42-,43+,44+,48+,49+,50-,51-,53-,54-,55+,56+,57-,58-,61-,62-,63-,64+,65+,66-,67-,68+,69+,70-,71-,72-,73-,77-,78-,79+,80+/m1/s1. The van der Waals surface area contributed by atoms with E-state index < -0.39 is 214 Å². The summed E-state index contributed by atoms with van der Waals surface area (Å²) in [4.78, 5) is 92.0. The Bertz CT molecular complexity index is 2980. The van der Waals surface area contributed by atoms with Crippen LogP contribution >= 0.6 is 0 Å². The number of carbonyl (C=O) groups excluding carboxylic acids is 5. The number of carboxylic acids is 2. The molecule has 37 nitrogen and oxygen atoms in total. The number of Topliss-reactive ketones (excluding diaryl/α,β-unsaturated/α-hetero) is 1. The second-order valence-electron chi connectivity index (χ2n) is 32.9. The second-order valence-corrected chi connectivity index (χ2v) is 32.9. The summed E-state index contributed by atoms with van der Waals surface area (Å²) in [5.41, 5.74) is 0. The molecule has 4 amide bonds. The first kappa shape index (κ1) is 98.0. The van der Waals surface area contributed by atoms with Crippen LogP contribution in [0.1, 0.15) is 183 Å². The predicted molar refractivity (Wildman–Crippen MR) is 408 cm³/mol.